The second kappa shape index (κ2) is 7.02. The number of carbonyl (C=O) groups excluding carboxylic acids is 1. The first kappa shape index (κ1) is 15.8. The van der Waals surface area contributed by atoms with Gasteiger partial charge in [-0.1, -0.05) is 6.07 Å². The van der Waals surface area contributed by atoms with Crippen LogP contribution in [-0.2, 0) is 20.8 Å². The van der Waals surface area contributed by atoms with E-state index in [2.05, 4.69) is 14.6 Å². The van der Waals surface area contributed by atoms with E-state index < -0.39 is 0 Å². The summed E-state index contributed by atoms with van der Waals surface area (Å²) in [6, 6.07) is 6.67. The van der Waals surface area contributed by atoms with Crippen LogP contribution in [0.2, 0.25) is 0 Å². The number of fused-ring (bicyclic) bond motifs is 1. The zero-order valence-electron chi connectivity index (χ0n) is 13.0. The summed E-state index contributed by atoms with van der Waals surface area (Å²) in [4.78, 5) is 17.9. The van der Waals surface area contributed by atoms with Crippen molar-refractivity contribution in [2.45, 2.75) is 19.1 Å². The maximum Gasteiger partial charge on any atom is 0.308 e. The van der Waals surface area contributed by atoms with Gasteiger partial charge in [-0.2, -0.15) is 0 Å². The molecule has 23 heavy (non-hydrogen) atoms. The van der Waals surface area contributed by atoms with Gasteiger partial charge in [0.05, 0.1) is 31.8 Å². The summed E-state index contributed by atoms with van der Waals surface area (Å²) >= 11 is 0. The highest BCUT2D eigenvalue weighted by molar-refractivity contribution is 5.81. The van der Waals surface area contributed by atoms with Crippen molar-refractivity contribution in [2.75, 3.05) is 26.8 Å². The summed E-state index contributed by atoms with van der Waals surface area (Å²) in [6.07, 6.45) is 1.75. The van der Waals surface area contributed by atoms with Gasteiger partial charge in [0.1, 0.15) is 5.82 Å². The average Bonchev–Trinajstić information content (AvgIpc) is 2.55. The highest BCUT2D eigenvalue weighted by Gasteiger charge is 2.24. The second-order valence-corrected chi connectivity index (χ2v) is 5.65. The molecular weight excluding hydrogens is 299 g/mol. The van der Waals surface area contributed by atoms with E-state index in [1.54, 1.807) is 12.3 Å². The number of carbonyl (C=O) groups is 1. The molecule has 1 aromatic carbocycles. The number of methoxy groups -OCH3 is 1. The maximum absolute atomic E-state index is 13.8. The lowest BCUT2D eigenvalue weighted by Crippen LogP contribution is -2.42. The Morgan fingerprint density at radius 3 is 3.22 bits per heavy atom. The van der Waals surface area contributed by atoms with Crippen LogP contribution < -0.4 is 0 Å². The summed E-state index contributed by atoms with van der Waals surface area (Å²) in [5.41, 5.74) is 1.66. The molecule has 1 aromatic heterocycles. The standard InChI is InChI=1S/C17H19FN2O3/c1-22-16(21)9-15-11-20(5-6-23-15)10-13-8-14(18)7-12-3-2-4-19-17(12)13/h2-4,7-8,15H,5-6,9-11H2,1H3. The Morgan fingerprint density at radius 2 is 2.39 bits per heavy atom. The highest BCUT2D eigenvalue weighted by Crippen LogP contribution is 2.21. The van der Waals surface area contributed by atoms with Crippen molar-refractivity contribution in [2.24, 2.45) is 0 Å². The Bertz CT molecular complexity index is 707. The molecule has 122 valence electrons. The lowest BCUT2D eigenvalue weighted by Gasteiger charge is -2.32. The number of morpholine rings is 1. The summed E-state index contributed by atoms with van der Waals surface area (Å²) < 4.78 is 24.1. The molecule has 1 aliphatic heterocycles. The van der Waals surface area contributed by atoms with E-state index in [4.69, 9.17) is 4.74 Å². The van der Waals surface area contributed by atoms with E-state index >= 15 is 0 Å². The summed E-state index contributed by atoms with van der Waals surface area (Å²) in [7, 11) is 1.37. The zero-order chi connectivity index (χ0) is 16.2. The second-order valence-electron chi connectivity index (χ2n) is 5.65. The van der Waals surface area contributed by atoms with Crippen LogP contribution in [0.3, 0.4) is 0 Å². The lowest BCUT2D eigenvalue weighted by atomic mass is 10.1. The van der Waals surface area contributed by atoms with Gasteiger partial charge in [-0.05, 0) is 23.8 Å². The first-order valence-corrected chi connectivity index (χ1v) is 7.59. The quantitative estimate of drug-likeness (QED) is 0.809. The molecule has 2 heterocycles. The summed E-state index contributed by atoms with van der Waals surface area (Å²) in [5.74, 6) is -0.547. The Balaban J connectivity index is 1.75. The molecule has 3 rings (SSSR count). The minimum absolute atomic E-state index is 0.191. The van der Waals surface area contributed by atoms with Gasteiger partial charge in [0.15, 0.2) is 0 Å². The van der Waals surface area contributed by atoms with Gasteiger partial charge in [-0.25, -0.2) is 4.39 Å². The molecule has 0 saturated carbocycles. The molecule has 1 fully saturated rings. The van der Waals surface area contributed by atoms with Crippen molar-refractivity contribution >= 4 is 16.9 Å². The number of halogens is 1. The Morgan fingerprint density at radius 1 is 1.52 bits per heavy atom. The van der Waals surface area contributed by atoms with Crippen LogP contribution >= 0.6 is 0 Å². The highest BCUT2D eigenvalue weighted by atomic mass is 19.1. The molecular formula is C17H19FN2O3. The predicted molar refractivity (Wildman–Crippen MR) is 83.4 cm³/mol. The summed E-state index contributed by atoms with van der Waals surface area (Å²) in [5, 5.41) is 0.793. The number of ether oxygens (including phenoxy) is 2. The van der Waals surface area contributed by atoms with Gasteiger partial charge in [0.25, 0.3) is 0 Å². The van der Waals surface area contributed by atoms with Crippen LogP contribution in [0.15, 0.2) is 30.5 Å². The SMILES string of the molecule is COC(=O)CC1CN(Cc2cc(F)cc3cccnc23)CCO1. The molecule has 0 radical (unpaired) electrons. The molecule has 1 saturated heterocycles. The number of pyridine rings is 1. The first-order chi connectivity index (χ1) is 11.2. The van der Waals surface area contributed by atoms with E-state index in [0.29, 0.717) is 19.7 Å². The Labute approximate surface area is 134 Å². The maximum atomic E-state index is 13.8. The molecule has 0 N–H and O–H groups in total. The topological polar surface area (TPSA) is 51.7 Å². The van der Waals surface area contributed by atoms with Gasteiger partial charge >= 0.3 is 5.97 Å². The van der Waals surface area contributed by atoms with E-state index in [1.807, 2.05) is 6.07 Å². The minimum atomic E-state index is -0.283. The third-order valence-electron chi connectivity index (χ3n) is 3.99. The van der Waals surface area contributed by atoms with E-state index in [-0.39, 0.29) is 24.3 Å². The van der Waals surface area contributed by atoms with Crippen molar-refractivity contribution in [3.8, 4) is 0 Å². The number of hydrogen-bond acceptors (Lipinski definition) is 5. The van der Waals surface area contributed by atoms with Crippen molar-refractivity contribution in [3.63, 3.8) is 0 Å². The van der Waals surface area contributed by atoms with Gasteiger partial charge in [0, 0.05) is 31.2 Å². The summed E-state index contributed by atoms with van der Waals surface area (Å²) in [6.45, 7) is 2.47. The van der Waals surface area contributed by atoms with Gasteiger partial charge in [-0.15, -0.1) is 0 Å². The van der Waals surface area contributed by atoms with E-state index in [0.717, 1.165) is 23.0 Å². The number of hydrogen-bond donors (Lipinski definition) is 0. The van der Waals surface area contributed by atoms with Crippen molar-refractivity contribution in [1.82, 2.24) is 9.88 Å². The van der Waals surface area contributed by atoms with Crippen LogP contribution in [0.1, 0.15) is 12.0 Å². The van der Waals surface area contributed by atoms with Crippen molar-refractivity contribution in [3.05, 3.63) is 41.8 Å². The molecule has 6 heteroatoms. The largest absolute Gasteiger partial charge is 0.469 e. The van der Waals surface area contributed by atoms with E-state index in [1.165, 1.54) is 19.2 Å². The zero-order valence-corrected chi connectivity index (χ0v) is 13.0. The van der Waals surface area contributed by atoms with Crippen LogP contribution in [0.5, 0.6) is 0 Å². The minimum Gasteiger partial charge on any atom is -0.469 e. The third kappa shape index (κ3) is 3.83. The van der Waals surface area contributed by atoms with Crippen molar-refractivity contribution < 1.29 is 18.7 Å². The predicted octanol–water partition coefficient (Wildman–Crippen LogP) is 2.14. The number of rotatable bonds is 4. The normalized spacial score (nSPS) is 19.0. The molecule has 1 aliphatic rings. The smallest absolute Gasteiger partial charge is 0.308 e. The molecule has 2 aromatic rings. The van der Waals surface area contributed by atoms with Gasteiger partial charge in [0.2, 0.25) is 0 Å². The number of nitrogens with zero attached hydrogens (tertiary/aromatic N) is 2. The number of aromatic nitrogens is 1. The van der Waals surface area contributed by atoms with E-state index in [9.17, 15) is 9.18 Å². The Hall–Kier alpha value is -2.05. The fourth-order valence-electron chi connectivity index (χ4n) is 2.91. The van der Waals surface area contributed by atoms with Gasteiger partial charge < -0.3 is 9.47 Å². The molecule has 0 spiro atoms. The van der Waals surface area contributed by atoms with Gasteiger partial charge in [-0.3, -0.25) is 14.7 Å². The average molecular weight is 318 g/mol. The number of esters is 1. The fraction of sp³-hybridized carbons (Fsp3) is 0.412. The lowest BCUT2D eigenvalue weighted by molar-refractivity contribution is -0.145. The van der Waals surface area contributed by atoms with Crippen LogP contribution in [0.4, 0.5) is 4.39 Å². The molecule has 1 atom stereocenters. The fourth-order valence-corrected chi connectivity index (χ4v) is 2.91. The van der Waals surface area contributed by atoms with Crippen LogP contribution in [0.25, 0.3) is 10.9 Å². The van der Waals surface area contributed by atoms with Crippen molar-refractivity contribution in [1.29, 1.82) is 0 Å². The first-order valence-electron chi connectivity index (χ1n) is 7.59. The third-order valence-corrected chi connectivity index (χ3v) is 3.99. The van der Waals surface area contributed by atoms with Crippen LogP contribution in [0, 0.1) is 5.82 Å². The van der Waals surface area contributed by atoms with Crippen LogP contribution in [-0.4, -0.2) is 48.8 Å². The Kier molecular flexibility index (Phi) is 4.83. The monoisotopic (exact) mass is 318 g/mol. The molecule has 0 aliphatic carbocycles. The molecule has 1 unspecified atom stereocenters. The molecule has 0 bridgehead atoms. The molecule has 0 amide bonds. The molecule has 5 nitrogen and oxygen atoms in total. The number of benzene rings is 1.